The van der Waals surface area contributed by atoms with Gasteiger partial charge in [0.15, 0.2) is 0 Å². The minimum Gasteiger partial charge on any atom is -0.507 e. The van der Waals surface area contributed by atoms with Crippen molar-refractivity contribution in [2.24, 2.45) is 5.10 Å². The lowest BCUT2D eigenvalue weighted by Crippen LogP contribution is -2.18. The van der Waals surface area contributed by atoms with Crippen LogP contribution >= 0.6 is 0 Å². The maximum absolute atomic E-state index is 12.3. The number of phenolic OH excluding ortho intramolecular Hbond substituents is 1. The van der Waals surface area contributed by atoms with E-state index in [1.165, 1.54) is 18.3 Å². The van der Waals surface area contributed by atoms with E-state index in [2.05, 4.69) is 9.93 Å². The highest BCUT2D eigenvalue weighted by atomic mass is 32.2. The van der Waals surface area contributed by atoms with Crippen molar-refractivity contribution in [3.63, 3.8) is 0 Å². The molecule has 0 atom stereocenters. The van der Waals surface area contributed by atoms with Crippen molar-refractivity contribution in [2.75, 3.05) is 0 Å². The first kappa shape index (κ1) is 15.1. The van der Waals surface area contributed by atoms with E-state index in [9.17, 15) is 13.5 Å². The fraction of sp³-hybridized carbons (Fsp3) is 0. The molecule has 3 aromatic carbocycles. The van der Waals surface area contributed by atoms with Crippen molar-refractivity contribution >= 4 is 27.0 Å². The summed E-state index contributed by atoms with van der Waals surface area (Å²) in [5.41, 5.74) is 0.425. The molecule has 0 aromatic heterocycles. The topological polar surface area (TPSA) is 78.8 Å². The molecule has 0 spiro atoms. The van der Waals surface area contributed by atoms with Gasteiger partial charge in [0, 0.05) is 5.56 Å². The number of hydrogen-bond donors (Lipinski definition) is 2. The summed E-state index contributed by atoms with van der Waals surface area (Å²) in [6.45, 7) is 0. The number of hydrazone groups is 1. The fourth-order valence-electron chi connectivity index (χ4n) is 2.15. The predicted octanol–water partition coefficient (Wildman–Crippen LogP) is 2.86. The highest BCUT2D eigenvalue weighted by Crippen LogP contribution is 2.19. The van der Waals surface area contributed by atoms with E-state index >= 15 is 0 Å². The van der Waals surface area contributed by atoms with E-state index in [1.807, 2.05) is 24.3 Å². The Morgan fingerprint density at radius 1 is 0.913 bits per heavy atom. The summed E-state index contributed by atoms with van der Waals surface area (Å²) in [5.74, 6) is 0.0288. The zero-order chi connectivity index (χ0) is 16.3. The van der Waals surface area contributed by atoms with E-state index in [0.717, 1.165) is 10.8 Å². The Bertz CT molecular complexity index is 982. The summed E-state index contributed by atoms with van der Waals surface area (Å²) in [4.78, 5) is 2.28. The van der Waals surface area contributed by atoms with Crippen LogP contribution in [0.3, 0.4) is 0 Å². The number of rotatable bonds is 4. The molecule has 0 aliphatic carbocycles. The van der Waals surface area contributed by atoms with Crippen LogP contribution in [-0.2, 0) is 10.0 Å². The second-order valence-electron chi connectivity index (χ2n) is 4.92. The Balaban J connectivity index is 1.84. The molecule has 0 saturated heterocycles. The van der Waals surface area contributed by atoms with Gasteiger partial charge in [-0.05, 0) is 35.0 Å². The molecule has 6 heteroatoms. The van der Waals surface area contributed by atoms with Crippen molar-refractivity contribution < 1.29 is 13.5 Å². The molecule has 2 N–H and O–H groups in total. The van der Waals surface area contributed by atoms with Gasteiger partial charge in [0.2, 0.25) is 0 Å². The van der Waals surface area contributed by atoms with Crippen LogP contribution in [0.2, 0.25) is 0 Å². The Hall–Kier alpha value is -2.86. The van der Waals surface area contributed by atoms with Gasteiger partial charge in [-0.3, -0.25) is 0 Å². The Kier molecular flexibility index (Phi) is 3.99. The normalized spacial score (nSPS) is 11.8. The second-order valence-corrected chi connectivity index (χ2v) is 6.58. The van der Waals surface area contributed by atoms with E-state index in [4.69, 9.17) is 0 Å². The number of phenols is 1. The van der Waals surface area contributed by atoms with Gasteiger partial charge >= 0.3 is 0 Å². The molecular weight excluding hydrogens is 312 g/mol. The second kappa shape index (κ2) is 6.10. The first-order chi connectivity index (χ1) is 11.1. The van der Waals surface area contributed by atoms with Gasteiger partial charge in [0.05, 0.1) is 11.1 Å². The quantitative estimate of drug-likeness (QED) is 0.571. The van der Waals surface area contributed by atoms with Crippen LogP contribution in [0, 0.1) is 0 Å². The first-order valence-corrected chi connectivity index (χ1v) is 8.36. The van der Waals surface area contributed by atoms with E-state index < -0.39 is 10.0 Å². The van der Waals surface area contributed by atoms with Crippen LogP contribution in [0.15, 0.2) is 76.7 Å². The summed E-state index contributed by atoms with van der Waals surface area (Å²) >= 11 is 0. The van der Waals surface area contributed by atoms with Crippen LogP contribution in [0.1, 0.15) is 5.56 Å². The molecule has 0 saturated carbocycles. The number of aromatic hydroxyl groups is 1. The average Bonchev–Trinajstić information content (AvgIpc) is 2.56. The van der Waals surface area contributed by atoms with Crippen LogP contribution in [-0.4, -0.2) is 19.7 Å². The average molecular weight is 326 g/mol. The molecule has 0 bridgehead atoms. The minimum atomic E-state index is -3.76. The first-order valence-electron chi connectivity index (χ1n) is 6.88. The Morgan fingerprint density at radius 3 is 2.39 bits per heavy atom. The third kappa shape index (κ3) is 3.32. The van der Waals surface area contributed by atoms with Gasteiger partial charge < -0.3 is 5.11 Å². The van der Waals surface area contributed by atoms with Gasteiger partial charge in [-0.2, -0.15) is 13.5 Å². The highest BCUT2D eigenvalue weighted by molar-refractivity contribution is 7.89. The van der Waals surface area contributed by atoms with Gasteiger partial charge in [-0.25, -0.2) is 4.83 Å². The molecule has 23 heavy (non-hydrogen) atoms. The third-order valence-electron chi connectivity index (χ3n) is 3.34. The van der Waals surface area contributed by atoms with E-state index in [0.29, 0.717) is 5.56 Å². The summed E-state index contributed by atoms with van der Waals surface area (Å²) in [7, 11) is -3.76. The van der Waals surface area contributed by atoms with Gasteiger partial charge in [0.1, 0.15) is 5.75 Å². The van der Waals surface area contributed by atoms with E-state index in [1.54, 1.807) is 30.3 Å². The maximum atomic E-state index is 12.3. The van der Waals surface area contributed by atoms with Crippen molar-refractivity contribution in [2.45, 2.75) is 4.90 Å². The maximum Gasteiger partial charge on any atom is 0.276 e. The molecule has 0 amide bonds. The predicted molar refractivity (Wildman–Crippen MR) is 90.0 cm³/mol. The number of fused-ring (bicyclic) bond motifs is 1. The smallest absolute Gasteiger partial charge is 0.276 e. The van der Waals surface area contributed by atoms with Crippen LogP contribution in [0.25, 0.3) is 10.8 Å². The van der Waals surface area contributed by atoms with Crippen molar-refractivity contribution in [3.8, 4) is 5.75 Å². The molecule has 3 aromatic rings. The zero-order valence-corrected chi connectivity index (χ0v) is 12.9. The van der Waals surface area contributed by atoms with Crippen LogP contribution in [0.4, 0.5) is 0 Å². The number of sulfonamides is 1. The number of hydrogen-bond acceptors (Lipinski definition) is 4. The number of nitrogens with zero attached hydrogens (tertiary/aromatic N) is 1. The molecule has 0 aliphatic rings. The van der Waals surface area contributed by atoms with Crippen LogP contribution < -0.4 is 4.83 Å². The fourth-order valence-corrected chi connectivity index (χ4v) is 2.98. The molecule has 0 unspecified atom stereocenters. The molecule has 0 radical (unpaired) electrons. The standard InChI is InChI=1S/C17H14N2O3S/c20-17-8-4-3-7-15(17)12-18-19-23(21,22)16-10-9-13-5-1-2-6-14(13)11-16/h1-12,19-20H. The molecule has 0 fully saturated rings. The molecular formula is C17H14N2O3S. The minimum absolute atomic E-state index is 0.0288. The zero-order valence-electron chi connectivity index (χ0n) is 12.0. The highest BCUT2D eigenvalue weighted by Gasteiger charge is 2.13. The van der Waals surface area contributed by atoms with Crippen LogP contribution in [0.5, 0.6) is 5.75 Å². The van der Waals surface area contributed by atoms with Crippen molar-refractivity contribution in [1.29, 1.82) is 0 Å². The summed E-state index contributed by atoms with van der Waals surface area (Å²) in [6.07, 6.45) is 1.26. The molecule has 0 aliphatic heterocycles. The Labute approximate surface area is 134 Å². The largest absolute Gasteiger partial charge is 0.507 e. The van der Waals surface area contributed by atoms with Gasteiger partial charge in [-0.1, -0.05) is 42.5 Å². The molecule has 3 rings (SSSR count). The molecule has 5 nitrogen and oxygen atoms in total. The Morgan fingerprint density at radius 2 is 1.61 bits per heavy atom. The van der Waals surface area contributed by atoms with E-state index in [-0.39, 0.29) is 10.6 Å². The monoisotopic (exact) mass is 326 g/mol. The lowest BCUT2D eigenvalue weighted by Gasteiger charge is -2.05. The van der Waals surface area contributed by atoms with Gasteiger partial charge in [0.25, 0.3) is 10.0 Å². The molecule has 116 valence electrons. The van der Waals surface area contributed by atoms with Gasteiger partial charge in [-0.15, -0.1) is 0 Å². The lowest BCUT2D eigenvalue weighted by atomic mass is 10.1. The summed E-state index contributed by atoms with van der Waals surface area (Å²) < 4.78 is 24.5. The van der Waals surface area contributed by atoms with Crippen molar-refractivity contribution in [3.05, 3.63) is 72.3 Å². The number of benzene rings is 3. The molecule has 0 heterocycles. The number of para-hydroxylation sites is 1. The summed E-state index contributed by atoms with van der Waals surface area (Å²) in [5, 5.41) is 15.1. The lowest BCUT2D eigenvalue weighted by molar-refractivity contribution is 0.474. The SMILES string of the molecule is O=S(=O)(NN=Cc1ccccc1O)c1ccc2ccccc2c1. The number of nitrogens with one attached hydrogen (secondary N) is 1. The van der Waals surface area contributed by atoms with Crippen molar-refractivity contribution in [1.82, 2.24) is 4.83 Å². The third-order valence-corrected chi connectivity index (χ3v) is 4.56. The summed E-state index contributed by atoms with van der Waals surface area (Å²) in [6, 6.07) is 18.9.